The first kappa shape index (κ1) is 29.6. The summed E-state index contributed by atoms with van der Waals surface area (Å²) in [7, 11) is 1.42. The molecule has 3 saturated carbocycles. The number of esters is 1. The van der Waals surface area contributed by atoms with E-state index >= 15 is 0 Å². The zero-order valence-electron chi connectivity index (χ0n) is 18.9. The van der Waals surface area contributed by atoms with Crippen molar-refractivity contribution in [2.75, 3.05) is 7.11 Å². The first-order valence-corrected chi connectivity index (χ1v) is 10.4. The van der Waals surface area contributed by atoms with Crippen LogP contribution in [0.25, 0.3) is 0 Å². The van der Waals surface area contributed by atoms with Gasteiger partial charge in [0, 0.05) is 12.0 Å². The van der Waals surface area contributed by atoms with Gasteiger partial charge in [-0.15, -0.1) is 0 Å². The monoisotopic (exact) mass is 441 g/mol. The fourth-order valence-corrected chi connectivity index (χ4v) is 2.84. The second kappa shape index (κ2) is 18.2. The molecule has 4 heteroatoms. The van der Waals surface area contributed by atoms with Gasteiger partial charge in [0.1, 0.15) is 0 Å². The molecule has 3 nitrogen and oxygen atoms in total. The summed E-state index contributed by atoms with van der Waals surface area (Å²) in [5, 5.41) is 0. The Morgan fingerprint density at radius 3 is 1.97 bits per heavy atom. The Kier molecular flexibility index (Phi) is 17.9. The molecule has 3 rings (SSSR count). The minimum atomic E-state index is -0.163. The van der Waals surface area contributed by atoms with E-state index in [1.165, 1.54) is 25.5 Å². The van der Waals surface area contributed by atoms with Crippen molar-refractivity contribution >= 4 is 12.2 Å². The van der Waals surface area contributed by atoms with Crippen LogP contribution in [0, 0.1) is 76.2 Å². The van der Waals surface area contributed by atoms with Crippen LogP contribution < -0.4 is 0 Å². The first-order valence-electron chi connectivity index (χ1n) is 10.4. The average Bonchev–Trinajstić information content (AvgIpc) is 3.45. The molecule has 0 heterocycles. The van der Waals surface area contributed by atoms with E-state index in [4.69, 9.17) is 0 Å². The van der Waals surface area contributed by atoms with Crippen LogP contribution in [-0.4, -0.2) is 24.8 Å². The smallest absolute Gasteiger partial charge is 0.498 e. The molecule has 0 amide bonds. The number of rotatable bonds is 5. The second-order valence-corrected chi connectivity index (χ2v) is 7.94. The zero-order chi connectivity index (χ0) is 21.4. The van der Waals surface area contributed by atoms with E-state index in [2.05, 4.69) is 42.8 Å². The van der Waals surface area contributed by atoms with Crippen LogP contribution in [-0.2, 0) is 31.2 Å². The van der Waals surface area contributed by atoms with Crippen LogP contribution in [0.5, 0.6) is 0 Å². The summed E-state index contributed by atoms with van der Waals surface area (Å²) in [6.07, 6.45) is 32.0. The van der Waals surface area contributed by atoms with Gasteiger partial charge in [-0.3, -0.25) is 10.4 Å². The Bertz CT molecular complexity index is 461. The molecule has 3 aliphatic rings. The Labute approximate surface area is 201 Å². The number of methoxy groups -OCH3 is 1. The number of carbonyl (C=O) groups is 1. The van der Waals surface area contributed by atoms with Crippen molar-refractivity contribution < 1.29 is 31.2 Å². The quantitative estimate of drug-likeness (QED) is 0.240. The molecule has 0 saturated heterocycles. The summed E-state index contributed by atoms with van der Waals surface area (Å²) < 4.78 is 4.63. The third-order valence-electron chi connectivity index (χ3n) is 4.26. The second-order valence-electron chi connectivity index (χ2n) is 7.94. The standard InChI is InChI=1S/C16H25NO2.2C5H5.Ti/c1-16(2,3)17-12-11-14-8-5-7-13(14)9-6-10-15(18)19-4;2*1-2-4-5-3-1;/h14H,5-8,10-11H2,1-4H3;2*1-5H;/q-2;;;+2. The molecule has 0 spiro atoms. The molecule has 10 radical (unpaired) electrons. The Balaban J connectivity index is 0.000000617. The summed E-state index contributed by atoms with van der Waals surface area (Å²) in [4.78, 5) is 15.5. The van der Waals surface area contributed by atoms with Crippen LogP contribution in [0.15, 0.2) is 10.6 Å². The third-order valence-corrected chi connectivity index (χ3v) is 4.26. The summed E-state index contributed by atoms with van der Waals surface area (Å²) in [6.45, 7) is 6.23. The number of hydrogen-bond donors (Lipinski definition) is 0. The van der Waals surface area contributed by atoms with E-state index in [0.717, 1.165) is 12.8 Å². The van der Waals surface area contributed by atoms with E-state index in [1.54, 1.807) is 0 Å². The van der Waals surface area contributed by atoms with Crippen LogP contribution in [0.4, 0.5) is 0 Å². The summed E-state index contributed by atoms with van der Waals surface area (Å²) in [5.41, 5.74) is 1.30. The number of carbonyl (C=O) groups excluding carboxylic acids is 1. The minimum absolute atomic E-state index is 0. The maximum Gasteiger partial charge on any atom is 2.00 e. The van der Waals surface area contributed by atoms with Gasteiger partial charge in [-0.2, -0.15) is 12.8 Å². The first-order chi connectivity index (χ1) is 13.9. The van der Waals surface area contributed by atoms with Crippen LogP contribution in [0.3, 0.4) is 0 Å². The molecule has 0 aromatic heterocycles. The van der Waals surface area contributed by atoms with Gasteiger partial charge in [0.25, 0.3) is 0 Å². The summed E-state index contributed by atoms with van der Waals surface area (Å²) in [5.74, 6) is 0.354. The normalized spacial score (nSPS) is 22.1. The van der Waals surface area contributed by atoms with Crippen molar-refractivity contribution in [3.8, 4) is 0 Å². The summed E-state index contributed by atoms with van der Waals surface area (Å²) in [6, 6.07) is 0. The molecular formula is C26H35NO2Ti. The largest absolute Gasteiger partial charge is 2.00 e. The minimum Gasteiger partial charge on any atom is -0.498 e. The van der Waals surface area contributed by atoms with Gasteiger partial charge in [0.2, 0.25) is 0 Å². The predicted molar refractivity (Wildman–Crippen MR) is 120 cm³/mol. The van der Waals surface area contributed by atoms with Crippen molar-refractivity contribution in [1.29, 1.82) is 0 Å². The van der Waals surface area contributed by atoms with Crippen molar-refractivity contribution in [3.63, 3.8) is 0 Å². The molecular weight excluding hydrogens is 406 g/mol. The van der Waals surface area contributed by atoms with E-state index in [0.29, 0.717) is 18.8 Å². The van der Waals surface area contributed by atoms with E-state index in [9.17, 15) is 4.79 Å². The van der Waals surface area contributed by atoms with E-state index in [-0.39, 0.29) is 33.2 Å². The van der Waals surface area contributed by atoms with Gasteiger partial charge < -0.3 is 22.0 Å². The van der Waals surface area contributed by atoms with Crippen molar-refractivity contribution in [1.82, 2.24) is 0 Å². The fourth-order valence-electron chi connectivity index (χ4n) is 2.84. The number of hydrogen-bond acceptors (Lipinski definition) is 3. The van der Waals surface area contributed by atoms with E-state index in [1.807, 2.05) is 64.2 Å². The molecule has 3 fully saturated rings. The maximum atomic E-state index is 11.1. The van der Waals surface area contributed by atoms with Gasteiger partial charge in [0.05, 0.1) is 7.11 Å². The number of aliphatic imine (C=N–C) groups is 1. The number of ether oxygens (including phenoxy) is 1. The SMILES string of the molecule is COC(=O)CC[C-]=C1CCCC1C[C-]=NC(C)(C)C.[CH]1[CH][CH][CH][CH]1.[CH]1[CH][CH][CH][CH]1.[Ti+2]. The number of nitrogens with zero attached hydrogens (tertiary/aromatic N) is 1. The Hall–Kier alpha value is -0.406. The van der Waals surface area contributed by atoms with Crippen molar-refractivity contribution in [3.05, 3.63) is 75.9 Å². The average molecular weight is 441 g/mol. The van der Waals surface area contributed by atoms with Crippen molar-refractivity contribution in [2.24, 2.45) is 10.9 Å². The summed E-state index contributed by atoms with van der Waals surface area (Å²) >= 11 is 0. The molecule has 3 aliphatic carbocycles. The van der Waals surface area contributed by atoms with E-state index < -0.39 is 0 Å². The maximum absolute atomic E-state index is 11.1. The van der Waals surface area contributed by atoms with Gasteiger partial charge >= 0.3 is 27.7 Å². The predicted octanol–water partition coefficient (Wildman–Crippen LogP) is 5.65. The van der Waals surface area contributed by atoms with Crippen molar-refractivity contribution in [2.45, 2.75) is 64.8 Å². The third kappa shape index (κ3) is 16.3. The number of allylic oxidation sites excluding steroid dienone is 2. The Morgan fingerprint density at radius 2 is 1.53 bits per heavy atom. The molecule has 0 aliphatic heterocycles. The van der Waals surface area contributed by atoms with Gasteiger partial charge in [-0.1, -0.05) is 25.2 Å². The molecule has 0 aromatic carbocycles. The Morgan fingerprint density at radius 1 is 1.03 bits per heavy atom. The molecule has 0 aromatic rings. The van der Waals surface area contributed by atoms with Crippen LogP contribution >= 0.6 is 0 Å². The van der Waals surface area contributed by atoms with Gasteiger partial charge in [-0.05, 0) is 85.0 Å². The van der Waals surface area contributed by atoms with Crippen LogP contribution in [0.2, 0.25) is 0 Å². The fraction of sp³-hybridized carbons (Fsp3) is 0.462. The zero-order valence-corrected chi connectivity index (χ0v) is 20.4. The van der Waals surface area contributed by atoms with Crippen LogP contribution in [0.1, 0.15) is 59.3 Å². The molecule has 1 unspecified atom stereocenters. The molecule has 30 heavy (non-hydrogen) atoms. The molecule has 1 atom stereocenters. The topological polar surface area (TPSA) is 38.7 Å². The van der Waals surface area contributed by atoms with Gasteiger partial charge in [0.15, 0.2) is 0 Å². The molecule has 160 valence electrons. The molecule has 0 N–H and O–H groups in total. The van der Waals surface area contributed by atoms with Gasteiger partial charge in [-0.25, -0.2) is 0 Å². The molecule has 0 bridgehead atoms.